The van der Waals surface area contributed by atoms with Crippen LogP contribution in [-0.2, 0) is 9.59 Å². The van der Waals surface area contributed by atoms with Gasteiger partial charge in [0.1, 0.15) is 17.7 Å². The monoisotopic (exact) mass is 356 g/mol. The molecule has 25 heavy (non-hydrogen) atoms. The molecule has 138 valence electrons. The molecule has 0 fully saturated rings. The zero-order valence-corrected chi connectivity index (χ0v) is 14.1. The van der Waals surface area contributed by atoms with Gasteiger partial charge < -0.3 is 15.7 Å². The summed E-state index contributed by atoms with van der Waals surface area (Å²) >= 11 is 0. The summed E-state index contributed by atoms with van der Waals surface area (Å²) in [6.07, 6.45) is 0.601. The third kappa shape index (κ3) is 7.28. The lowest BCUT2D eigenvalue weighted by Crippen LogP contribution is -2.41. The highest BCUT2D eigenvalue weighted by atomic mass is 19.1. The van der Waals surface area contributed by atoms with Crippen molar-refractivity contribution in [3.05, 3.63) is 35.4 Å². The summed E-state index contributed by atoms with van der Waals surface area (Å²) in [6.45, 7) is 3.81. The molecule has 2 amide bonds. The summed E-state index contributed by atoms with van der Waals surface area (Å²) in [4.78, 5) is 34.6. The van der Waals surface area contributed by atoms with Gasteiger partial charge in [-0.05, 0) is 30.9 Å². The van der Waals surface area contributed by atoms with Gasteiger partial charge in [-0.3, -0.25) is 9.59 Å². The molecule has 0 saturated carbocycles. The van der Waals surface area contributed by atoms with Crippen LogP contribution in [0.5, 0.6) is 0 Å². The zero-order valence-electron chi connectivity index (χ0n) is 14.1. The van der Waals surface area contributed by atoms with Gasteiger partial charge >= 0.3 is 5.97 Å². The maximum atomic E-state index is 13.4. The lowest BCUT2D eigenvalue weighted by molar-refractivity contribution is -0.142. The highest BCUT2D eigenvalue weighted by Gasteiger charge is 2.20. The molecular formula is C17H22F2N2O4. The molecule has 0 spiro atoms. The smallest absolute Gasteiger partial charge is 0.326 e. The summed E-state index contributed by atoms with van der Waals surface area (Å²) < 4.78 is 26.2. The van der Waals surface area contributed by atoms with E-state index in [2.05, 4.69) is 10.6 Å². The van der Waals surface area contributed by atoms with Crippen LogP contribution < -0.4 is 10.6 Å². The molecule has 6 nitrogen and oxygen atoms in total. The van der Waals surface area contributed by atoms with Gasteiger partial charge in [0.15, 0.2) is 0 Å². The first-order chi connectivity index (χ1) is 11.7. The number of carboxylic acid groups (broad SMARTS) is 1. The molecule has 0 aromatic heterocycles. The molecule has 3 N–H and O–H groups in total. The van der Waals surface area contributed by atoms with E-state index in [1.807, 2.05) is 13.8 Å². The number of carboxylic acids is 1. The molecule has 0 aliphatic rings. The minimum absolute atomic E-state index is 0.0219. The van der Waals surface area contributed by atoms with Crippen LogP contribution in [0.25, 0.3) is 0 Å². The van der Waals surface area contributed by atoms with Gasteiger partial charge in [-0.2, -0.15) is 0 Å². The van der Waals surface area contributed by atoms with Crippen molar-refractivity contribution in [3.63, 3.8) is 0 Å². The molecule has 0 bridgehead atoms. The van der Waals surface area contributed by atoms with Crippen LogP contribution in [0.3, 0.4) is 0 Å². The van der Waals surface area contributed by atoms with Crippen LogP contribution >= 0.6 is 0 Å². The van der Waals surface area contributed by atoms with Crippen molar-refractivity contribution < 1.29 is 28.3 Å². The maximum Gasteiger partial charge on any atom is 0.326 e. The van der Waals surface area contributed by atoms with Crippen molar-refractivity contribution >= 4 is 17.8 Å². The summed E-state index contributed by atoms with van der Waals surface area (Å²) in [5, 5.41) is 13.9. The van der Waals surface area contributed by atoms with E-state index in [4.69, 9.17) is 5.11 Å². The van der Waals surface area contributed by atoms with Gasteiger partial charge in [0.25, 0.3) is 5.91 Å². The summed E-state index contributed by atoms with van der Waals surface area (Å²) in [5.74, 6) is -3.86. The fourth-order valence-corrected chi connectivity index (χ4v) is 2.18. The van der Waals surface area contributed by atoms with Crippen molar-refractivity contribution in [2.45, 2.75) is 39.2 Å². The Hall–Kier alpha value is -2.51. The number of aliphatic carboxylic acids is 1. The average molecular weight is 356 g/mol. The molecule has 1 aromatic carbocycles. The Bertz CT molecular complexity index is 635. The minimum atomic E-state index is -1.10. The normalized spacial score (nSPS) is 11.9. The molecule has 0 aliphatic carbocycles. The van der Waals surface area contributed by atoms with Gasteiger partial charge in [0.2, 0.25) is 5.91 Å². The predicted molar refractivity (Wildman–Crippen MR) is 86.9 cm³/mol. The van der Waals surface area contributed by atoms with Crippen molar-refractivity contribution in [1.82, 2.24) is 10.6 Å². The van der Waals surface area contributed by atoms with Gasteiger partial charge in [-0.1, -0.05) is 13.8 Å². The van der Waals surface area contributed by atoms with Crippen molar-refractivity contribution in [2.75, 3.05) is 6.54 Å². The number of rotatable bonds is 9. The van der Waals surface area contributed by atoms with Crippen LogP contribution in [0.1, 0.15) is 43.5 Å². The molecular weight excluding hydrogens is 334 g/mol. The molecule has 1 rings (SSSR count). The number of carbonyl (C=O) groups is 3. The number of nitrogens with one attached hydrogen (secondary N) is 2. The maximum absolute atomic E-state index is 13.4. The highest BCUT2D eigenvalue weighted by Crippen LogP contribution is 2.09. The van der Waals surface area contributed by atoms with E-state index in [-0.39, 0.29) is 30.9 Å². The molecule has 1 atom stereocenters. The molecule has 0 aliphatic heterocycles. The van der Waals surface area contributed by atoms with Crippen LogP contribution in [0.15, 0.2) is 18.2 Å². The Morgan fingerprint density at radius 2 is 1.88 bits per heavy atom. The number of hydrogen-bond donors (Lipinski definition) is 3. The Morgan fingerprint density at radius 1 is 1.20 bits per heavy atom. The van der Waals surface area contributed by atoms with E-state index in [1.54, 1.807) is 0 Å². The Morgan fingerprint density at radius 3 is 2.44 bits per heavy atom. The molecule has 0 radical (unpaired) electrons. The predicted octanol–water partition coefficient (Wildman–Crippen LogP) is 2.09. The van der Waals surface area contributed by atoms with E-state index in [1.165, 1.54) is 0 Å². The average Bonchev–Trinajstić information content (AvgIpc) is 2.50. The standard InChI is InChI=1S/C17H22F2N2O4/c1-10(2)8-14(17(24)25)21-15(22)4-3-7-20-16(23)12-6-5-11(18)9-13(12)19/h5-6,9-10,14H,3-4,7-8H2,1-2H3,(H,20,23)(H,21,22)(H,24,25)/t14-/m0/s1. The van der Waals surface area contributed by atoms with Gasteiger partial charge in [0.05, 0.1) is 5.56 Å². The molecule has 1 aromatic rings. The first-order valence-corrected chi connectivity index (χ1v) is 7.96. The van der Waals surface area contributed by atoms with Gasteiger partial charge in [-0.15, -0.1) is 0 Å². The number of hydrogen-bond acceptors (Lipinski definition) is 3. The van der Waals surface area contributed by atoms with E-state index < -0.39 is 35.5 Å². The quantitative estimate of drug-likeness (QED) is 0.591. The van der Waals surface area contributed by atoms with Crippen molar-refractivity contribution in [1.29, 1.82) is 0 Å². The molecule has 0 unspecified atom stereocenters. The van der Waals surface area contributed by atoms with Gasteiger partial charge in [0, 0.05) is 19.0 Å². The number of amides is 2. The molecule has 0 heterocycles. The Balaban J connectivity index is 2.38. The van der Waals surface area contributed by atoms with Gasteiger partial charge in [-0.25, -0.2) is 13.6 Å². The van der Waals surface area contributed by atoms with E-state index >= 15 is 0 Å². The number of benzene rings is 1. The van der Waals surface area contributed by atoms with Crippen molar-refractivity contribution in [2.24, 2.45) is 5.92 Å². The fourth-order valence-electron chi connectivity index (χ4n) is 2.18. The molecule has 0 saturated heterocycles. The second-order valence-corrected chi connectivity index (χ2v) is 6.07. The second kappa shape index (κ2) is 9.71. The van der Waals surface area contributed by atoms with Crippen LogP contribution in [-0.4, -0.2) is 35.5 Å². The van der Waals surface area contributed by atoms with Crippen LogP contribution in [0, 0.1) is 17.6 Å². The minimum Gasteiger partial charge on any atom is -0.480 e. The topological polar surface area (TPSA) is 95.5 Å². The van der Waals surface area contributed by atoms with E-state index in [0.29, 0.717) is 12.5 Å². The Labute approximate surface area is 144 Å². The summed E-state index contributed by atoms with van der Waals surface area (Å²) in [7, 11) is 0. The number of carbonyl (C=O) groups excluding carboxylic acids is 2. The molecule has 8 heteroatoms. The van der Waals surface area contributed by atoms with Crippen LogP contribution in [0.4, 0.5) is 8.78 Å². The summed E-state index contributed by atoms with van der Waals surface area (Å²) in [5.41, 5.74) is -0.284. The lowest BCUT2D eigenvalue weighted by Gasteiger charge is -2.16. The second-order valence-electron chi connectivity index (χ2n) is 6.07. The third-order valence-electron chi connectivity index (χ3n) is 3.38. The largest absolute Gasteiger partial charge is 0.480 e. The lowest BCUT2D eigenvalue weighted by atomic mass is 10.0. The van der Waals surface area contributed by atoms with E-state index in [0.717, 1.165) is 12.1 Å². The zero-order chi connectivity index (χ0) is 19.0. The number of halogens is 2. The first kappa shape index (κ1) is 20.5. The third-order valence-corrected chi connectivity index (χ3v) is 3.38. The fraction of sp³-hybridized carbons (Fsp3) is 0.471. The highest BCUT2D eigenvalue weighted by molar-refractivity contribution is 5.94. The SMILES string of the molecule is CC(C)C[C@H](NC(=O)CCCNC(=O)c1ccc(F)cc1F)C(=O)O. The van der Waals surface area contributed by atoms with E-state index in [9.17, 15) is 23.2 Å². The first-order valence-electron chi connectivity index (χ1n) is 7.96. The van der Waals surface area contributed by atoms with Crippen molar-refractivity contribution in [3.8, 4) is 0 Å². The Kier molecular flexibility index (Phi) is 7.97. The van der Waals surface area contributed by atoms with Crippen LogP contribution in [0.2, 0.25) is 0 Å². The summed E-state index contributed by atoms with van der Waals surface area (Å²) in [6, 6.07) is 1.68.